The SMILES string of the molecule is CC(C)CC1CN(CCC2=CCCCC2)CCN1. The van der Waals surface area contributed by atoms with Crippen molar-refractivity contribution in [2.75, 3.05) is 26.2 Å². The Kier molecular flexibility index (Phi) is 5.71. The van der Waals surface area contributed by atoms with E-state index in [1.807, 2.05) is 0 Å². The van der Waals surface area contributed by atoms with Crippen molar-refractivity contribution in [2.45, 2.75) is 58.4 Å². The zero-order chi connectivity index (χ0) is 12.8. The first-order valence-corrected chi connectivity index (χ1v) is 7.87. The molecule has 1 saturated heterocycles. The molecule has 18 heavy (non-hydrogen) atoms. The summed E-state index contributed by atoms with van der Waals surface area (Å²) >= 11 is 0. The van der Waals surface area contributed by atoms with Gasteiger partial charge in [-0.3, -0.25) is 0 Å². The summed E-state index contributed by atoms with van der Waals surface area (Å²) in [6.07, 6.45) is 10.6. The molecule has 104 valence electrons. The molecule has 1 N–H and O–H groups in total. The lowest BCUT2D eigenvalue weighted by Gasteiger charge is -2.34. The molecule has 0 aromatic rings. The van der Waals surface area contributed by atoms with Gasteiger partial charge in [0.2, 0.25) is 0 Å². The lowest BCUT2D eigenvalue weighted by Crippen LogP contribution is -2.51. The smallest absolute Gasteiger partial charge is 0.0198 e. The number of nitrogens with one attached hydrogen (secondary N) is 1. The van der Waals surface area contributed by atoms with Gasteiger partial charge < -0.3 is 10.2 Å². The maximum Gasteiger partial charge on any atom is 0.0198 e. The van der Waals surface area contributed by atoms with E-state index >= 15 is 0 Å². The molecule has 1 aliphatic carbocycles. The molecule has 2 rings (SSSR count). The van der Waals surface area contributed by atoms with Crippen LogP contribution in [-0.4, -0.2) is 37.1 Å². The van der Waals surface area contributed by atoms with Gasteiger partial charge in [0.05, 0.1) is 0 Å². The van der Waals surface area contributed by atoms with Crippen molar-refractivity contribution in [1.82, 2.24) is 10.2 Å². The van der Waals surface area contributed by atoms with Crippen molar-refractivity contribution in [3.05, 3.63) is 11.6 Å². The van der Waals surface area contributed by atoms with Gasteiger partial charge in [0.1, 0.15) is 0 Å². The van der Waals surface area contributed by atoms with Gasteiger partial charge in [0, 0.05) is 32.2 Å². The van der Waals surface area contributed by atoms with E-state index in [0.29, 0.717) is 0 Å². The van der Waals surface area contributed by atoms with Crippen molar-refractivity contribution in [3.8, 4) is 0 Å². The molecule has 1 unspecified atom stereocenters. The van der Waals surface area contributed by atoms with Crippen LogP contribution < -0.4 is 5.32 Å². The number of hydrogen-bond donors (Lipinski definition) is 1. The van der Waals surface area contributed by atoms with Crippen LogP contribution in [0.25, 0.3) is 0 Å². The van der Waals surface area contributed by atoms with E-state index < -0.39 is 0 Å². The maximum absolute atomic E-state index is 3.66. The number of rotatable bonds is 5. The largest absolute Gasteiger partial charge is 0.311 e. The molecular formula is C16H30N2. The second kappa shape index (κ2) is 7.30. The number of piperazine rings is 1. The molecule has 2 aliphatic rings. The summed E-state index contributed by atoms with van der Waals surface area (Å²) in [4.78, 5) is 2.67. The first kappa shape index (κ1) is 14.1. The van der Waals surface area contributed by atoms with Gasteiger partial charge in [-0.15, -0.1) is 0 Å². The molecule has 1 atom stereocenters. The van der Waals surface area contributed by atoms with E-state index in [9.17, 15) is 0 Å². The third-order valence-electron chi connectivity index (χ3n) is 4.23. The predicted molar refractivity (Wildman–Crippen MR) is 78.9 cm³/mol. The van der Waals surface area contributed by atoms with Crippen LogP contribution in [0.2, 0.25) is 0 Å². The van der Waals surface area contributed by atoms with Gasteiger partial charge in [-0.2, -0.15) is 0 Å². The molecular weight excluding hydrogens is 220 g/mol. The Hall–Kier alpha value is -0.340. The summed E-state index contributed by atoms with van der Waals surface area (Å²) in [7, 11) is 0. The van der Waals surface area contributed by atoms with Crippen LogP contribution in [-0.2, 0) is 0 Å². The van der Waals surface area contributed by atoms with E-state index in [-0.39, 0.29) is 0 Å². The minimum atomic E-state index is 0.721. The van der Waals surface area contributed by atoms with Crippen LogP contribution in [0.5, 0.6) is 0 Å². The average molecular weight is 250 g/mol. The summed E-state index contributed by atoms with van der Waals surface area (Å²) in [5.74, 6) is 0.809. The molecule has 1 fully saturated rings. The standard InChI is InChI=1S/C16H30N2/c1-14(2)12-16-13-18(11-9-17-16)10-8-15-6-4-3-5-7-15/h6,14,16-17H,3-5,7-13H2,1-2H3. The summed E-state index contributed by atoms with van der Waals surface area (Å²) in [6.45, 7) is 9.60. The number of nitrogens with zero attached hydrogens (tertiary/aromatic N) is 1. The number of hydrogen-bond acceptors (Lipinski definition) is 2. The second-order valence-corrected chi connectivity index (χ2v) is 6.44. The van der Waals surface area contributed by atoms with Gasteiger partial charge in [0.25, 0.3) is 0 Å². The molecule has 0 aromatic heterocycles. The first-order chi connectivity index (χ1) is 8.74. The van der Waals surface area contributed by atoms with Crippen molar-refractivity contribution in [3.63, 3.8) is 0 Å². The zero-order valence-corrected chi connectivity index (χ0v) is 12.3. The van der Waals surface area contributed by atoms with Crippen LogP contribution in [0.4, 0.5) is 0 Å². The highest BCUT2D eigenvalue weighted by atomic mass is 15.2. The quantitative estimate of drug-likeness (QED) is 0.754. The molecule has 2 heteroatoms. The van der Waals surface area contributed by atoms with E-state index in [1.165, 1.54) is 64.7 Å². The Balaban J connectivity index is 1.70. The fourth-order valence-corrected chi connectivity index (χ4v) is 3.26. The normalized spacial score (nSPS) is 26.4. The van der Waals surface area contributed by atoms with Crippen molar-refractivity contribution >= 4 is 0 Å². The highest BCUT2D eigenvalue weighted by Crippen LogP contribution is 2.20. The highest BCUT2D eigenvalue weighted by Gasteiger charge is 2.19. The lowest BCUT2D eigenvalue weighted by atomic mass is 9.96. The Morgan fingerprint density at radius 1 is 1.39 bits per heavy atom. The Labute approximate surface area is 113 Å². The van der Waals surface area contributed by atoms with Crippen molar-refractivity contribution < 1.29 is 0 Å². The van der Waals surface area contributed by atoms with Crippen LogP contribution in [0.3, 0.4) is 0 Å². The first-order valence-electron chi connectivity index (χ1n) is 7.87. The monoisotopic (exact) mass is 250 g/mol. The Morgan fingerprint density at radius 2 is 2.28 bits per heavy atom. The third kappa shape index (κ3) is 4.74. The minimum Gasteiger partial charge on any atom is -0.311 e. The third-order valence-corrected chi connectivity index (χ3v) is 4.23. The summed E-state index contributed by atoms with van der Waals surface area (Å²) in [6, 6.07) is 0.721. The molecule has 1 heterocycles. The molecule has 0 spiro atoms. The van der Waals surface area contributed by atoms with Crippen LogP contribution >= 0.6 is 0 Å². The fraction of sp³-hybridized carbons (Fsp3) is 0.875. The maximum atomic E-state index is 3.66. The predicted octanol–water partition coefficient (Wildman–Crippen LogP) is 3.20. The summed E-state index contributed by atoms with van der Waals surface area (Å²) < 4.78 is 0. The topological polar surface area (TPSA) is 15.3 Å². The molecule has 0 aromatic carbocycles. The van der Waals surface area contributed by atoms with Crippen LogP contribution in [0.15, 0.2) is 11.6 Å². The average Bonchev–Trinajstić information content (AvgIpc) is 2.37. The number of allylic oxidation sites excluding steroid dienone is 1. The summed E-state index contributed by atoms with van der Waals surface area (Å²) in [5, 5.41) is 3.66. The fourth-order valence-electron chi connectivity index (χ4n) is 3.26. The Bertz CT molecular complexity index is 270. The van der Waals surface area contributed by atoms with Gasteiger partial charge in [-0.05, 0) is 44.4 Å². The molecule has 2 nitrogen and oxygen atoms in total. The van der Waals surface area contributed by atoms with Gasteiger partial charge in [-0.25, -0.2) is 0 Å². The zero-order valence-electron chi connectivity index (χ0n) is 12.3. The molecule has 0 radical (unpaired) electrons. The van der Waals surface area contributed by atoms with Crippen LogP contribution in [0, 0.1) is 5.92 Å². The molecule has 0 saturated carbocycles. The minimum absolute atomic E-state index is 0.721. The molecule has 0 bridgehead atoms. The van der Waals surface area contributed by atoms with E-state index in [4.69, 9.17) is 0 Å². The molecule has 1 aliphatic heterocycles. The van der Waals surface area contributed by atoms with Crippen LogP contribution in [0.1, 0.15) is 52.4 Å². The second-order valence-electron chi connectivity index (χ2n) is 6.44. The van der Waals surface area contributed by atoms with E-state index in [2.05, 4.69) is 30.1 Å². The van der Waals surface area contributed by atoms with Gasteiger partial charge in [0.15, 0.2) is 0 Å². The highest BCUT2D eigenvalue weighted by molar-refractivity contribution is 5.05. The summed E-state index contributed by atoms with van der Waals surface area (Å²) in [5.41, 5.74) is 1.72. The molecule has 0 amide bonds. The van der Waals surface area contributed by atoms with E-state index in [0.717, 1.165) is 12.0 Å². The lowest BCUT2D eigenvalue weighted by molar-refractivity contribution is 0.188. The van der Waals surface area contributed by atoms with E-state index in [1.54, 1.807) is 5.57 Å². The van der Waals surface area contributed by atoms with Crippen molar-refractivity contribution in [2.24, 2.45) is 5.92 Å². The Morgan fingerprint density at radius 3 is 3.00 bits per heavy atom. The van der Waals surface area contributed by atoms with Gasteiger partial charge >= 0.3 is 0 Å². The van der Waals surface area contributed by atoms with Gasteiger partial charge in [-0.1, -0.05) is 25.5 Å². The van der Waals surface area contributed by atoms with Crippen molar-refractivity contribution in [1.29, 1.82) is 0 Å².